The lowest BCUT2D eigenvalue weighted by Gasteiger charge is -1.97. The lowest BCUT2D eigenvalue weighted by molar-refractivity contribution is 0.310. The maximum atomic E-state index is 4.87. The van der Waals surface area contributed by atoms with Crippen molar-refractivity contribution >= 4 is 10.5 Å². The smallest absolute Gasteiger partial charge is 0.147 e. The average Bonchev–Trinajstić information content (AvgIpc) is 1.69. The Balaban J connectivity index is 2.45. The van der Waals surface area contributed by atoms with E-state index in [2.05, 4.69) is 12.2 Å². The van der Waals surface area contributed by atoms with Crippen molar-refractivity contribution in [1.29, 1.82) is 0 Å². The van der Waals surface area contributed by atoms with E-state index in [9.17, 15) is 0 Å². The Morgan fingerprint density at radius 3 is 2.86 bits per heavy atom. The highest BCUT2D eigenvalue weighted by Gasteiger charge is 1.75. The van der Waals surface area contributed by atoms with Crippen molar-refractivity contribution in [3.05, 3.63) is 0 Å². The van der Waals surface area contributed by atoms with Crippen LogP contribution in [0.3, 0.4) is 0 Å². The molecule has 0 radical (unpaired) electrons. The van der Waals surface area contributed by atoms with Gasteiger partial charge < -0.3 is 4.43 Å². The zero-order chi connectivity index (χ0) is 5.54. The summed E-state index contributed by atoms with van der Waals surface area (Å²) in [7, 11) is 0.843. The highest BCUT2D eigenvalue weighted by molar-refractivity contribution is 5.97. The van der Waals surface area contributed by atoms with Crippen molar-refractivity contribution in [1.82, 2.24) is 5.32 Å². The van der Waals surface area contributed by atoms with Gasteiger partial charge in [0.2, 0.25) is 0 Å². The maximum absolute atomic E-state index is 4.87. The first-order valence-corrected chi connectivity index (χ1v) is 3.43. The van der Waals surface area contributed by atoms with Gasteiger partial charge in [-0.15, -0.1) is 0 Å². The molecule has 0 heterocycles. The first kappa shape index (κ1) is 7.14. The van der Waals surface area contributed by atoms with Crippen LogP contribution >= 0.6 is 0 Å². The molecule has 3 heteroatoms. The van der Waals surface area contributed by atoms with E-state index in [1.165, 1.54) is 6.42 Å². The molecule has 0 saturated heterocycles. The van der Waals surface area contributed by atoms with Gasteiger partial charge in [0.15, 0.2) is 0 Å². The van der Waals surface area contributed by atoms with E-state index < -0.39 is 0 Å². The van der Waals surface area contributed by atoms with Crippen LogP contribution in [0.15, 0.2) is 0 Å². The summed E-state index contributed by atoms with van der Waals surface area (Å²) in [4.78, 5) is 0. The van der Waals surface area contributed by atoms with Gasteiger partial charge in [0.25, 0.3) is 0 Å². The minimum absolute atomic E-state index is 0.736. The molecule has 0 aliphatic rings. The molecule has 2 nitrogen and oxygen atoms in total. The summed E-state index contributed by atoms with van der Waals surface area (Å²) >= 11 is 0. The van der Waals surface area contributed by atoms with E-state index in [4.69, 9.17) is 4.43 Å². The molecular formula is C4H13NOSi. The normalized spacial score (nSPS) is 9.86. The van der Waals surface area contributed by atoms with Crippen molar-refractivity contribution in [3.63, 3.8) is 0 Å². The summed E-state index contributed by atoms with van der Waals surface area (Å²) in [6.45, 7) is 3.95. The first-order valence-electron chi connectivity index (χ1n) is 2.61. The van der Waals surface area contributed by atoms with Crippen LogP contribution in [0.5, 0.6) is 0 Å². The monoisotopic (exact) mass is 119 g/mol. The van der Waals surface area contributed by atoms with E-state index >= 15 is 0 Å². The predicted molar refractivity (Wildman–Crippen MR) is 34.2 cm³/mol. The van der Waals surface area contributed by atoms with E-state index in [-0.39, 0.29) is 0 Å². The molecule has 1 N–H and O–H groups in total. The fraction of sp³-hybridized carbons (Fsp3) is 1.00. The third-order valence-electron chi connectivity index (χ3n) is 0.673. The Labute approximate surface area is 47.8 Å². The molecule has 0 unspecified atom stereocenters. The van der Waals surface area contributed by atoms with Crippen molar-refractivity contribution in [2.45, 2.75) is 13.3 Å². The predicted octanol–water partition coefficient (Wildman–Crippen LogP) is -0.760. The topological polar surface area (TPSA) is 21.3 Å². The molecule has 7 heavy (non-hydrogen) atoms. The van der Waals surface area contributed by atoms with Gasteiger partial charge >= 0.3 is 0 Å². The third kappa shape index (κ3) is 6.14. The SMILES string of the molecule is CCCNCO[SiH3]. The van der Waals surface area contributed by atoms with Crippen LogP contribution in [-0.2, 0) is 4.43 Å². The second-order valence-corrected chi connectivity index (χ2v) is 2.01. The lowest BCUT2D eigenvalue weighted by Crippen LogP contribution is -2.17. The molecule has 0 aliphatic heterocycles. The van der Waals surface area contributed by atoms with Crippen LogP contribution in [0.25, 0.3) is 0 Å². The standard InChI is InChI=1S/C4H13NOSi/c1-2-3-5-4-6-7/h5H,2-4H2,1,7H3. The second-order valence-electron chi connectivity index (χ2n) is 1.43. The Kier molecular flexibility index (Phi) is 6.26. The van der Waals surface area contributed by atoms with E-state index in [0.717, 1.165) is 23.8 Å². The maximum Gasteiger partial charge on any atom is 0.147 e. The van der Waals surface area contributed by atoms with Gasteiger partial charge in [0.05, 0.1) is 6.73 Å². The van der Waals surface area contributed by atoms with Gasteiger partial charge in [-0.3, -0.25) is 5.32 Å². The van der Waals surface area contributed by atoms with Gasteiger partial charge in [0, 0.05) is 0 Å². The Hall–Kier alpha value is 0.137. The van der Waals surface area contributed by atoms with Crippen molar-refractivity contribution in [2.24, 2.45) is 0 Å². The number of hydrogen-bond acceptors (Lipinski definition) is 2. The molecule has 0 aromatic carbocycles. The van der Waals surface area contributed by atoms with Gasteiger partial charge in [-0.05, 0) is 13.0 Å². The van der Waals surface area contributed by atoms with Crippen LogP contribution in [0, 0.1) is 0 Å². The Morgan fingerprint density at radius 1 is 1.71 bits per heavy atom. The van der Waals surface area contributed by atoms with Gasteiger partial charge in [-0.2, -0.15) is 0 Å². The fourth-order valence-electron chi connectivity index (χ4n) is 0.351. The summed E-state index contributed by atoms with van der Waals surface area (Å²) in [5.41, 5.74) is 0. The molecule has 0 aromatic rings. The molecule has 0 atom stereocenters. The summed E-state index contributed by atoms with van der Waals surface area (Å²) in [5.74, 6) is 0. The summed E-state index contributed by atoms with van der Waals surface area (Å²) in [6.07, 6.45) is 1.19. The first-order chi connectivity index (χ1) is 3.41. The average molecular weight is 119 g/mol. The molecule has 0 spiro atoms. The molecule has 0 aliphatic carbocycles. The largest absolute Gasteiger partial charge is 0.415 e. The quantitative estimate of drug-likeness (QED) is 0.298. The van der Waals surface area contributed by atoms with Crippen molar-refractivity contribution in [3.8, 4) is 0 Å². The zero-order valence-electron chi connectivity index (χ0n) is 5.03. The number of hydrogen-bond donors (Lipinski definition) is 1. The molecular weight excluding hydrogens is 106 g/mol. The van der Waals surface area contributed by atoms with Crippen LogP contribution in [0.2, 0.25) is 0 Å². The highest BCUT2D eigenvalue weighted by atomic mass is 28.2. The van der Waals surface area contributed by atoms with E-state index in [0.29, 0.717) is 0 Å². The van der Waals surface area contributed by atoms with Crippen LogP contribution in [0.4, 0.5) is 0 Å². The van der Waals surface area contributed by atoms with E-state index in [1.807, 2.05) is 0 Å². The zero-order valence-corrected chi connectivity index (χ0v) is 7.03. The van der Waals surface area contributed by atoms with E-state index in [1.54, 1.807) is 0 Å². The minimum atomic E-state index is 0.736. The van der Waals surface area contributed by atoms with Crippen LogP contribution < -0.4 is 5.32 Å². The molecule has 0 rings (SSSR count). The molecule has 44 valence electrons. The molecule has 0 fully saturated rings. The van der Waals surface area contributed by atoms with Gasteiger partial charge in [-0.25, -0.2) is 0 Å². The number of rotatable bonds is 4. The van der Waals surface area contributed by atoms with Crippen LogP contribution in [0.1, 0.15) is 13.3 Å². The van der Waals surface area contributed by atoms with Gasteiger partial charge in [-0.1, -0.05) is 6.92 Å². The van der Waals surface area contributed by atoms with Crippen molar-refractivity contribution < 1.29 is 4.43 Å². The molecule has 0 saturated carbocycles. The molecule has 0 aromatic heterocycles. The molecule has 0 bridgehead atoms. The van der Waals surface area contributed by atoms with Crippen LogP contribution in [-0.4, -0.2) is 23.8 Å². The fourth-order valence-corrected chi connectivity index (χ4v) is 0.555. The summed E-state index contributed by atoms with van der Waals surface area (Å²) in [5, 5.41) is 3.10. The molecule has 0 amide bonds. The Bertz CT molecular complexity index is 30.9. The minimum Gasteiger partial charge on any atom is -0.415 e. The van der Waals surface area contributed by atoms with Gasteiger partial charge in [0.1, 0.15) is 10.5 Å². The highest BCUT2D eigenvalue weighted by Crippen LogP contribution is 1.67. The lowest BCUT2D eigenvalue weighted by atomic mass is 10.5. The van der Waals surface area contributed by atoms with Crippen molar-refractivity contribution in [2.75, 3.05) is 13.3 Å². The Morgan fingerprint density at radius 2 is 2.43 bits per heavy atom. The summed E-state index contributed by atoms with van der Waals surface area (Å²) in [6, 6.07) is 0. The number of nitrogens with one attached hydrogen (secondary N) is 1. The third-order valence-corrected chi connectivity index (χ3v) is 0.962. The second kappa shape index (κ2) is 6.14. The summed E-state index contributed by atoms with van der Waals surface area (Å²) < 4.78 is 4.87.